The first-order chi connectivity index (χ1) is 23.8. The Morgan fingerprint density at radius 3 is 2.35 bits per heavy atom. The fraction of sp³-hybridized carbons (Fsp3) is 0.231. The summed E-state index contributed by atoms with van der Waals surface area (Å²) in [4.78, 5) is 29.9. The number of carbonyl (C=O) groups is 1. The molecule has 0 saturated carbocycles. The molecule has 2 N–H and O–H groups in total. The number of benzene rings is 3. The molecular weight excluding hydrogens is 610 g/mol. The number of anilines is 1. The largest absolute Gasteiger partial charge is 0.371 e. The molecule has 3 aromatic carbocycles. The minimum Gasteiger partial charge on any atom is -0.371 e. The quantitative estimate of drug-likeness (QED) is 0.188. The number of H-pyrrole nitrogens is 2. The number of pyridine rings is 1. The topological polar surface area (TPSA) is 141 Å². The molecule has 0 aliphatic carbocycles. The van der Waals surface area contributed by atoms with E-state index in [0.29, 0.717) is 34.1 Å². The van der Waals surface area contributed by atoms with Gasteiger partial charge in [0.15, 0.2) is 5.82 Å². The van der Waals surface area contributed by atoms with Crippen molar-refractivity contribution < 1.29 is 4.79 Å². The first-order valence-electron chi connectivity index (χ1n) is 16.2. The molecule has 7 rings (SSSR count). The molecule has 0 unspecified atom stereocenters. The van der Waals surface area contributed by atoms with E-state index in [9.17, 15) is 10.1 Å². The van der Waals surface area contributed by atoms with Crippen molar-refractivity contribution in [3.8, 4) is 34.4 Å². The van der Waals surface area contributed by atoms with E-state index in [4.69, 9.17) is 5.26 Å². The summed E-state index contributed by atoms with van der Waals surface area (Å²) in [5.41, 5.74) is 9.77. The van der Waals surface area contributed by atoms with E-state index in [2.05, 4.69) is 73.3 Å². The highest BCUT2D eigenvalue weighted by molar-refractivity contribution is 6.08. The van der Waals surface area contributed by atoms with Gasteiger partial charge in [-0.1, -0.05) is 24.3 Å². The molecule has 10 heteroatoms. The van der Waals surface area contributed by atoms with Crippen molar-refractivity contribution in [1.29, 1.82) is 10.5 Å². The monoisotopic (exact) mass is 647 g/mol. The molecule has 0 radical (unpaired) electrons. The van der Waals surface area contributed by atoms with Crippen molar-refractivity contribution in [3.63, 3.8) is 0 Å². The van der Waals surface area contributed by atoms with Crippen LogP contribution in [-0.4, -0.2) is 69.1 Å². The first-order valence-corrected chi connectivity index (χ1v) is 16.2. The normalized spacial score (nSPS) is 13.1. The van der Waals surface area contributed by atoms with E-state index in [1.54, 1.807) is 30.6 Å². The van der Waals surface area contributed by atoms with Gasteiger partial charge in [0.2, 0.25) is 5.78 Å². The number of aromatic nitrogens is 5. The third kappa shape index (κ3) is 6.96. The predicted octanol–water partition coefficient (Wildman–Crippen LogP) is 6.82. The number of nitrogens with one attached hydrogen (secondary N) is 2. The molecule has 244 valence electrons. The summed E-state index contributed by atoms with van der Waals surface area (Å²) in [5, 5.41) is 25.6. The van der Waals surface area contributed by atoms with Gasteiger partial charge in [-0.3, -0.25) is 14.9 Å². The van der Waals surface area contributed by atoms with Crippen molar-refractivity contribution in [1.82, 2.24) is 30.0 Å². The van der Waals surface area contributed by atoms with Crippen LogP contribution in [0.25, 0.3) is 33.3 Å². The van der Waals surface area contributed by atoms with Crippen LogP contribution in [-0.2, 0) is 0 Å². The summed E-state index contributed by atoms with van der Waals surface area (Å²) < 4.78 is 0. The molecule has 0 atom stereocenters. The molecule has 1 fully saturated rings. The zero-order chi connectivity index (χ0) is 34.5. The van der Waals surface area contributed by atoms with Gasteiger partial charge in [0.1, 0.15) is 0 Å². The van der Waals surface area contributed by atoms with Crippen LogP contribution in [0.15, 0.2) is 85.2 Å². The lowest BCUT2D eigenvalue weighted by Gasteiger charge is -2.36. The molecule has 1 aliphatic rings. The minimum atomic E-state index is -0.209. The van der Waals surface area contributed by atoms with E-state index >= 15 is 0 Å². The van der Waals surface area contributed by atoms with Gasteiger partial charge >= 0.3 is 0 Å². The SMILES string of the molecule is CN(C)C1CCN(c2ccc3[nH]c(C(=O)c4ccc(C#N)c(-c5cccnc5)c4)nc3c2)CC1.Cc1n[nH]c(C)c1-c1ccccc1C#N. The number of carbonyl (C=O) groups excluding carboxylic acids is 1. The van der Waals surface area contributed by atoms with Crippen molar-refractivity contribution in [2.24, 2.45) is 0 Å². The molecule has 10 nitrogen and oxygen atoms in total. The average molecular weight is 648 g/mol. The van der Waals surface area contributed by atoms with Crippen molar-refractivity contribution in [3.05, 3.63) is 119 Å². The Morgan fingerprint density at radius 2 is 1.67 bits per heavy atom. The second kappa shape index (κ2) is 14.3. The number of nitrogens with zero attached hydrogens (tertiary/aromatic N) is 7. The molecule has 49 heavy (non-hydrogen) atoms. The second-order valence-corrected chi connectivity index (χ2v) is 12.4. The van der Waals surface area contributed by atoms with E-state index < -0.39 is 0 Å². The summed E-state index contributed by atoms with van der Waals surface area (Å²) in [6.45, 7) is 5.91. The van der Waals surface area contributed by atoms with Gasteiger partial charge in [-0.25, -0.2) is 4.98 Å². The lowest BCUT2D eigenvalue weighted by Crippen LogP contribution is -2.41. The van der Waals surface area contributed by atoms with Gasteiger partial charge in [0.25, 0.3) is 0 Å². The Balaban J connectivity index is 0.000000232. The maximum absolute atomic E-state index is 13.3. The number of aryl methyl sites for hydroxylation is 2. The number of fused-ring (bicyclic) bond motifs is 1. The zero-order valence-corrected chi connectivity index (χ0v) is 28.0. The maximum atomic E-state index is 13.3. The number of imidazole rings is 1. The number of nitriles is 2. The van der Waals surface area contributed by atoms with E-state index in [0.717, 1.165) is 70.7 Å². The highest BCUT2D eigenvalue weighted by atomic mass is 16.1. The maximum Gasteiger partial charge on any atom is 0.228 e. The smallest absolute Gasteiger partial charge is 0.228 e. The van der Waals surface area contributed by atoms with Crippen LogP contribution in [0, 0.1) is 36.5 Å². The Morgan fingerprint density at radius 1 is 0.918 bits per heavy atom. The van der Waals surface area contributed by atoms with Crippen molar-refractivity contribution in [2.45, 2.75) is 32.7 Å². The number of piperidine rings is 1. The molecule has 1 aliphatic heterocycles. The summed E-state index contributed by atoms with van der Waals surface area (Å²) in [6, 6.07) is 27.5. The van der Waals surface area contributed by atoms with E-state index in [1.165, 1.54) is 0 Å². The van der Waals surface area contributed by atoms with Gasteiger partial charge in [-0.15, -0.1) is 0 Å². The number of aromatic amines is 2. The van der Waals surface area contributed by atoms with Crippen molar-refractivity contribution >= 4 is 22.5 Å². The molecule has 4 heterocycles. The van der Waals surface area contributed by atoms with Crippen LogP contribution in [0.4, 0.5) is 5.69 Å². The van der Waals surface area contributed by atoms with Crippen LogP contribution >= 0.6 is 0 Å². The van der Waals surface area contributed by atoms with Gasteiger partial charge in [0.05, 0.1) is 40.0 Å². The molecule has 3 aromatic heterocycles. The van der Waals surface area contributed by atoms with Gasteiger partial charge in [-0.05, 0) is 89.3 Å². The molecular formula is C39H37N9O. The third-order valence-electron chi connectivity index (χ3n) is 9.06. The molecule has 0 spiro atoms. The fourth-order valence-electron chi connectivity index (χ4n) is 6.37. The van der Waals surface area contributed by atoms with Crippen molar-refractivity contribution in [2.75, 3.05) is 32.1 Å². The minimum absolute atomic E-state index is 0.209. The Bertz CT molecular complexity index is 2170. The number of hydrogen-bond donors (Lipinski definition) is 2. The number of hydrogen-bond acceptors (Lipinski definition) is 8. The fourth-order valence-corrected chi connectivity index (χ4v) is 6.37. The van der Waals surface area contributed by atoms with Crippen LogP contribution in [0.2, 0.25) is 0 Å². The van der Waals surface area contributed by atoms with Gasteiger partial charge < -0.3 is 14.8 Å². The lowest BCUT2D eigenvalue weighted by atomic mass is 9.97. The average Bonchev–Trinajstić information content (AvgIpc) is 3.73. The standard InChI is InChI=1S/C27H26N6O.C12H11N3/c1-32(2)21-9-12-33(13-10-21)22-7-8-24-25(15-22)31-27(30-24)26(34)18-5-6-19(16-28)23(14-18)20-4-3-11-29-17-20;1-8-12(9(2)15-14-8)11-6-4-3-5-10(11)7-13/h3-8,11,14-15,17,21H,9-10,12-13H2,1-2H3,(H,30,31);3-6H,1-2H3,(H,14,15). The summed E-state index contributed by atoms with van der Waals surface area (Å²) in [7, 11) is 4.28. The zero-order valence-electron chi connectivity index (χ0n) is 28.0. The molecule has 0 bridgehead atoms. The number of ketones is 1. The van der Waals surface area contributed by atoms with Gasteiger partial charge in [0, 0.05) is 70.7 Å². The Hall–Kier alpha value is -6.10. The van der Waals surface area contributed by atoms with Crippen LogP contribution in [0.5, 0.6) is 0 Å². The first kappa shape index (κ1) is 32.8. The van der Waals surface area contributed by atoms with Crippen LogP contribution < -0.4 is 4.90 Å². The summed E-state index contributed by atoms with van der Waals surface area (Å²) in [5.74, 6) is 0.0829. The highest BCUT2D eigenvalue weighted by Crippen LogP contribution is 2.29. The lowest BCUT2D eigenvalue weighted by molar-refractivity contribution is 0.103. The summed E-state index contributed by atoms with van der Waals surface area (Å²) >= 11 is 0. The Kier molecular flexibility index (Phi) is 9.61. The summed E-state index contributed by atoms with van der Waals surface area (Å²) in [6.07, 6.45) is 5.63. The van der Waals surface area contributed by atoms with Gasteiger partial charge in [-0.2, -0.15) is 15.6 Å². The third-order valence-corrected chi connectivity index (χ3v) is 9.06. The molecule has 6 aromatic rings. The molecule has 0 amide bonds. The highest BCUT2D eigenvalue weighted by Gasteiger charge is 2.22. The van der Waals surface area contributed by atoms with E-state index in [1.807, 2.05) is 56.3 Å². The van der Waals surface area contributed by atoms with E-state index in [-0.39, 0.29) is 5.78 Å². The van der Waals surface area contributed by atoms with Crippen LogP contribution in [0.1, 0.15) is 51.5 Å². The Labute approximate surface area is 285 Å². The number of rotatable bonds is 6. The molecule has 1 saturated heterocycles. The predicted molar refractivity (Wildman–Crippen MR) is 191 cm³/mol. The second-order valence-electron chi connectivity index (χ2n) is 12.4. The van der Waals surface area contributed by atoms with Crippen LogP contribution in [0.3, 0.4) is 0 Å².